The SMILES string of the molecule is CC(C)c1nc(Br)cc(N2CCN(C)C(C)(C)C2)n1. The highest BCUT2D eigenvalue weighted by molar-refractivity contribution is 9.10. The second kappa shape index (κ2) is 5.37. The molecule has 0 saturated carbocycles. The molecule has 0 aliphatic carbocycles. The standard InChI is InChI=1S/C14H23BrN4/c1-10(2)13-16-11(15)8-12(17-13)19-7-6-18(5)14(3,4)9-19/h8,10H,6-7,9H2,1-5H3. The predicted octanol–water partition coefficient (Wildman–Crippen LogP) is 2.89. The summed E-state index contributed by atoms with van der Waals surface area (Å²) >= 11 is 3.50. The molecule has 0 aromatic carbocycles. The van der Waals surface area contributed by atoms with Gasteiger partial charge in [0.1, 0.15) is 16.2 Å². The Morgan fingerprint density at radius 2 is 1.95 bits per heavy atom. The van der Waals surface area contributed by atoms with Crippen molar-refractivity contribution in [3.05, 3.63) is 16.5 Å². The average Bonchev–Trinajstić information content (AvgIpc) is 2.31. The predicted molar refractivity (Wildman–Crippen MR) is 82.7 cm³/mol. The number of likely N-dealkylation sites (N-methyl/N-ethyl adjacent to an activating group) is 1. The van der Waals surface area contributed by atoms with Crippen molar-refractivity contribution in [1.82, 2.24) is 14.9 Å². The number of hydrogen-bond acceptors (Lipinski definition) is 4. The van der Waals surface area contributed by atoms with Crippen molar-refractivity contribution in [1.29, 1.82) is 0 Å². The average molecular weight is 327 g/mol. The van der Waals surface area contributed by atoms with Crippen molar-refractivity contribution >= 4 is 21.7 Å². The third-order valence-electron chi connectivity index (χ3n) is 3.86. The molecule has 0 bridgehead atoms. The number of rotatable bonds is 2. The van der Waals surface area contributed by atoms with Gasteiger partial charge in [0.2, 0.25) is 0 Å². The maximum absolute atomic E-state index is 4.71. The molecule has 106 valence electrons. The zero-order chi connectivity index (χ0) is 14.2. The second-order valence-corrected chi connectivity index (χ2v) is 7.03. The van der Waals surface area contributed by atoms with Crippen molar-refractivity contribution < 1.29 is 0 Å². The van der Waals surface area contributed by atoms with Gasteiger partial charge in [0, 0.05) is 37.2 Å². The van der Waals surface area contributed by atoms with E-state index in [0.29, 0.717) is 5.92 Å². The summed E-state index contributed by atoms with van der Waals surface area (Å²) in [6, 6.07) is 2.02. The Kier molecular flexibility index (Phi) is 4.16. The number of anilines is 1. The topological polar surface area (TPSA) is 32.3 Å². The molecule has 1 aromatic rings. The molecule has 19 heavy (non-hydrogen) atoms. The molecule has 1 saturated heterocycles. The molecule has 2 rings (SSSR count). The number of aromatic nitrogens is 2. The zero-order valence-corrected chi connectivity index (χ0v) is 14.0. The van der Waals surface area contributed by atoms with Crippen LogP contribution in [0.25, 0.3) is 0 Å². The normalized spacial score (nSPS) is 20.1. The molecule has 0 N–H and O–H groups in total. The monoisotopic (exact) mass is 326 g/mol. The fourth-order valence-electron chi connectivity index (χ4n) is 2.28. The van der Waals surface area contributed by atoms with Crippen LogP contribution in [0.1, 0.15) is 39.4 Å². The molecule has 1 aliphatic rings. The van der Waals surface area contributed by atoms with Gasteiger partial charge >= 0.3 is 0 Å². The van der Waals surface area contributed by atoms with Gasteiger partial charge in [-0.2, -0.15) is 0 Å². The summed E-state index contributed by atoms with van der Waals surface area (Å²) in [5.41, 5.74) is 0.174. The fraction of sp³-hybridized carbons (Fsp3) is 0.714. The van der Waals surface area contributed by atoms with Gasteiger partial charge in [-0.1, -0.05) is 13.8 Å². The summed E-state index contributed by atoms with van der Waals surface area (Å²) in [5.74, 6) is 2.28. The van der Waals surface area contributed by atoms with Crippen LogP contribution in [-0.2, 0) is 0 Å². The Labute approximate surface area is 124 Å². The van der Waals surface area contributed by atoms with E-state index < -0.39 is 0 Å². The molecule has 5 heteroatoms. The summed E-state index contributed by atoms with van der Waals surface area (Å²) in [6.07, 6.45) is 0. The Bertz CT molecular complexity index is 459. The van der Waals surface area contributed by atoms with Crippen LogP contribution in [0, 0.1) is 0 Å². The highest BCUT2D eigenvalue weighted by Crippen LogP contribution is 2.25. The minimum atomic E-state index is 0.174. The van der Waals surface area contributed by atoms with Crippen molar-refractivity contribution in [2.45, 2.75) is 39.2 Å². The highest BCUT2D eigenvalue weighted by Gasteiger charge is 2.31. The molecule has 0 amide bonds. The molecule has 4 nitrogen and oxygen atoms in total. The number of halogens is 1. The number of piperazine rings is 1. The summed E-state index contributed by atoms with van der Waals surface area (Å²) in [7, 11) is 2.19. The first-order chi connectivity index (χ1) is 8.79. The van der Waals surface area contributed by atoms with Gasteiger partial charge in [-0.3, -0.25) is 4.90 Å². The molecular weight excluding hydrogens is 304 g/mol. The molecule has 2 heterocycles. The lowest BCUT2D eigenvalue weighted by Crippen LogP contribution is -2.57. The summed E-state index contributed by atoms with van der Waals surface area (Å²) in [4.78, 5) is 13.9. The first-order valence-electron chi connectivity index (χ1n) is 6.80. The van der Waals surface area contributed by atoms with Gasteiger partial charge in [-0.25, -0.2) is 9.97 Å². The summed E-state index contributed by atoms with van der Waals surface area (Å²) in [5, 5.41) is 0. The Morgan fingerprint density at radius 1 is 1.26 bits per heavy atom. The Hall–Kier alpha value is -0.680. The van der Waals surface area contributed by atoms with Crippen molar-refractivity contribution in [2.24, 2.45) is 0 Å². The van der Waals surface area contributed by atoms with Crippen LogP contribution >= 0.6 is 15.9 Å². The van der Waals surface area contributed by atoms with E-state index in [2.05, 4.69) is 65.5 Å². The highest BCUT2D eigenvalue weighted by atomic mass is 79.9. The third kappa shape index (κ3) is 3.26. The Balaban J connectivity index is 2.27. The first-order valence-corrected chi connectivity index (χ1v) is 7.59. The summed E-state index contributed by atoms with van der Waals surface area (Å²) < 4.78 is 0.873. The van der Waals surface area contributed by atoms with E-state index in [1.807, 2.05) is 6.07 Å². The van der Waals surface area contributed by atoms with Crippen LogP contribution in [-0.4, -0.2) is 47.1 Å². The molecule has 1 aliphatic heterocycles. The van der Waals surface area contributed by atoms with E-state index in [0.717, 1.165) is 35.9 Å². The lowest BCUT2D eigenvalue weighted by atomic mass is 10.00. The van der Waals surface area contributed by atoms with E-state index in [1.165, 1.54) is 0 Å². The van der Waals surface area contributed by atoms with Gasteiger partial charge in [0.25, 0.3) is 0 Å². The quantitative estimate of drug-likeness (QED) is 0.782. The van der Waals surface area contributed by atoms with Gasteiger partial charge in [0.15, 0.2) is 0 Å². The van der Waals surface area contributed by atoms with Crippen LogP contribution in [0.4, 0.5) is 5.82 Å². The van der Waals surface area contributed by atoms with Crippen LogP contribution in [0.15, 0.2) is 10.7 Å². The van der Waals surface area contributed by atoms with Gasteiger partial charge in [0.05, 0.1) is 0 Å². The minimum Gasteiger partial charge on any atom is -0.353 e. The van der Waals surface area contributed by atoms with Crippen molar-refractivity contribution in [2.75, 3.05) is 31.6 Å². The fourth-order valence-corrected chi connectivity index (χ4v) is 2.67. The van der Waals surface area contributed by atoms with Gasteiger partial charge in [-0.05, 0) is 36.8 Å². The maximum atomic E-state index is 4.71. The number of nitrogens with zero attached hydrogens (tertiary/aromatic N) is 4. The van der Waals surface area contributed by atoms with Gasteiger partial charge in [-0.15, -0.1) is 0 Å². The Morgan fingerprint density at radius 3 is 2.53 bits per heavy atom. The number of hydrogen-bond donors (Lipinski definition) is 0. The van der Waals surface area contributed by atoms with Gasteiger partial charge < -0.3 is 4.90 Å². The van der Waals surface area contributed by atoms with Crippen LogP contribution < -0.4 is 4.90 Å². The molecular formula is C14H23BrN4. The van der Waals surface area contributed by atoms with Crippen LogP contribution in [0.2, 0.25) is 0 Å². The largest absolute Gasteiger partial charge is 0.353 e. The third-order valence-corrected chi connectivity index (χ3v) is 4.26. The lowest BCUT2D eigenvalue weighted by molar-refractivity contribution is 0.138. The van der Waals surface area contributed by atoms with E-state index in [9.17, 15) is 0 Å². The van der Waals surface area contributed by atoms with Crippen LogP contribution in [0.5, 0.6) is 0 Å². The smallest absolute Gasteiger partial charge is 0.134 e. The molecule has 1 aromatic heterocycles. The van der Waals surface area contributed by atoms with E-state index >= 15 is 0 Å². The zero-order valence-electron chi connectivity index (χ0n) is 12.4. The van der Waals surface area contributed by atoms with Crippen LogP contribution in [0.3, 0.4) is 0 Å². The van der Waals surface area contributed by atoms with E-state index in [1.54, 1.807) is 0 Å². The molecule has 0 unspecified atom stereocenters. The van der Waals surface area contributed by atoms with E-state index in [-0.39, 0.29) is 5.54 Å². The first kappa shape index (κ1) is 14.7. The lowest BCUT2D eigenvalue weighted by Gasteiger charge is -2.45. The summed E-state index contributed by atoms with van der Waals surface area (Å²) in [6.45, 7) is 11.9. The minimum absolute atomic E-state index is 0.174. The molecule has 0 atom stereocenters. The maximum Gasteiger partial charge on any atom is 0.134 e. The second-order valence-electron chi connectivity index (χ2n) is 6.22. The molecule has 0 spiro atoms. The molecule has 1 fully saturated rings. The molecule has 0 radical (unpaired) electrons. The van der Waals surface area contributed by atoms with E-state index in [4.69, 9.17) is 4.98 Å². The van der Waals surface area contributed by atoms with Crippen molar-refractivity contribution in [3.63, 3.8) is 0 Å². The van der Waals surface area contributed by atoms with Crippen molar-refractivity contribution in [3.8, 4) is 0 Å².